The lowest BCUT2D eigenvalue weighted by atomic mass is 10.2. The lowest BCUT2D eigenvalue weighted by molar-refractivity contribution is 0.0170. The molecule has 0 saturated carbocycles. The van der Waals surface area contributed by atoms with Crippen molar-refractivity contribution < 1.29 is 21.6 Å². The van der Waals surface area contributed by atoms with E-state index in [1.54, 1.807) is 4.72 Å². The van der Waals surface area contributed by atoms with Crippen molar-refractivity contribution in [3.05, 3.63) is 29.6 Å². The van der Waals surface area contributed by atoms with E-state index in [1.807, 2.05) is 0 Å². The summed E-state index contributed by atoms with van der Waals surface area (Å²) in [5.41, 5.74) is 4.91. The zero-order chi connectivity index (χ0) is 14.0. The molecular formula is C10H14ClF3N2O2S. The molecular weight excluding hydrogens is 305 g/mol. The van der Waals surface area contributed by atoms with Crippen LogP contribution in [0.5, 0.6) is 0 Å². The zero-order valence-corrected chi connectivity index (χ0v) is 11.6. The largest absolute Gasteiger partial charge is 0.325 e. The van der Waals surface area contributed by atoms with Crippen LogP contribution in [0.1, 0.15) is 5.56 Å². The second-order valence-electron chi connectivity index (χ2n) is 3.77. The highest BCUT2D eigenvalue weighted by molar-refractivity contribution is 7.89. The number of nitrogens with one attached hydrogen (secondary N) is 1. The molecule has 0 fully saturated rings. The minimum Gasteiger partial charge on any atom is -0.325 e. The van der Waals surface area contributed by atoms with Gasteiger partial charge in [-0.25, -0.2) is 26.3 Å². The molecule has 3 N–H and O–H groups in total. The molecule has 0 aromatic heterocycles. The van der Waals surface area contributed by atoms with Crippen molar-refractivity contribution >= 4 is 22.4 Å². The van der Waals surface area contributed by atoms with Gasteiger partial charge in [-0.1, -0.05) is 12.1 Å². The van der Waals surface area contributed by atoms with Crippen molar-refractivity contribution in [2.24, 2.45) is 5.73 Å². The first-order valence-electron chi connectivity index (χ1n) is 5.02. The molecule has 0 unspecified atom stereocenters. The van der Waals surface area contributed by atoms with E-state index in [-0.39, 0.29) is 18.0 Å². The maximum atomic E-state index is 13.4. The van der Waals surface area contributed by atoms with Gasteiger partial charge < -0.3 is 5.73 Å². The first-order chi connectivity index (χ1) is 8.19. The standard InChI is InChI=1S/C10H13F3N2O2S.ClH/c1-7-3-2-4-8(11)9(7)18(16,17)15-6-10(12,13)5-14;/h2-4,15H,5-6,14H2,1H3;1H. The van der Waals surface area contributed by atoms with Gasteiger partial charge in [0, 0.05) is 0 Å². The third kappa shape index (κ3) is 4.64. The Bertz CT molecular complexity index is 517. The maximum Gasteiger partial charge on any atom is 0.273 e. The van der Waals surface area contributed by atoms with E-state index in [0.717, 1.165) is 6.07 Å². The van der Waals surface area contributed by atoms with Crippen LogP contribution in [0.4, 0.5) is 13.2 Å². The smallest absolute Gasteiger partial charge is 0.273 e. The van der Waals surface area contributed by atoms with E-state index >= 15 is 0 Å². The van der Waals surface area contributed by atoms with E-state index < -0.39 is 39.7 Å². The Kier molecular flexibility index (Phi) is 6.27. The summed E-state index contributed by atoms with van der Waals surface area (Å²) in [4.78, 5) is -0.627. The van der Waals surface area contributed by atoms with Gasteiger partial charge in [0.2, 0.25) is 10.0 Å². The SMILES string of the molecule is Cc1cccc(F)c1S(=O)(=O)NCC(F)(F)CN.Cl. The Hall–Kier alpha value is -0.830. The number of aryl methyl sites for hydroxylation is 1. The van der Waals surface area contributed by atoms with E-state index in [2.05, 4.69) is 0 Å². The molecule has 9 heteroatoms. The summed E-state index contributed by atoms with van der Waals surface area (Å²) < 4.78 is 64.2. The number of rotatable bonds is 5. The molecule has 19 heavy (non-hydrogen) atoms. The predicted octanol–water partition coefficient (Wildman–Crippen LogP) is 1.43. The van der Waals surface area contributed by atoms with Crippen LogP contribution < -0.4 is 10.5 Å². The molecule has 1 aromatic rings. The van der Waals surface area contributed by atoms with Crippen molar-refractivity contribution in [1.82, 2.24) is 4.72 Å². The second kappa shape index (κ2) is 6.56. The van der Waals surface area contributed by atoms with Crippen LogP contribution >= 0.6 is 12.4 Å². The van der Waals surface area contributed by atoms with Crippen LogP contribution in [0.25, 0.3) is 0 Å². The fraction of sp³-hybridized carbons (Fsp3) is 0.400. The van der Waals surface area contributed by atoms with E-state index in [9.17, 15) is 21.6 Å². The Balaban J connectivity index is 0.00000324. The van der Waals surface area contributed by atoms with Gasteiger partial charge in [-0.15, -0.1) is 12.4 Å². The topological polar surface area (TPSA) is 72.2 Å². The summed E-state index contributed by atoms with van der Waals surface area (Å²) in [5.74, 6) is -4.36. The molecule has 1 aromatic carbocycles. The number of hydrogen-bond donors (Lipinski definition) is 2. The van der Waals surface area contributed by atoms with Crippen molar-refractivity contribution in [2.75, 3.05) is 13.1 Å². The quantitative estimate of drug-likeness (QED) is 0.862. The average Bonchev–Trinajstić information content (AvgIpc) is 2.26. The van der Waals surface area contributed by atoms with Crippen LogP contribution in [0.3, 0.4) is 0 Å². The van der Waals surface area contributed by atoms with Gasteiger partial charge in [0.15, 0.2) is 0 Å². The van der Waals surface area contributed by atoms with Gasteiger partial charge in [-0.3, -0.25) is 0 Å². The second-order valence-corrected chi connectivity index (χ2v) is 5.47. The molecule has 0 bridgehead atoms. The van der Waals surface area contributed by atoms with Crippen molar-refractivity contribution in [2.45, 2.75) is 17.7 Å². The fourth-order valence-corrected chi connectivity index (χ4v) is 2.66. The molecule has 0 spiro atoms. The summed E-state index contributed by atoms with van der Waals surface area (Å²) in [5, 5.41) is 0. The summed E-state index contributed by atoms with van der Waals surface area (Å²) >= 11 is 0. The summed E-state index contributed by atoms with van der Waals surface area (Å²) in [7, 11) is -4.33. The molecule has 0 aliphatic carbocycles. The van der Waals surface area contributed by atoms with Gasteiger partial charge in [0.05, 0.1) is 13.1 Å². The molecule has 0 aliphatic rings. The van der Waals surface area contributed by atoms with E-state index in [0.29, 0.717) is 0 Å². The Labute approximate surface area is 115 Å². The van der Waals surface area contributed by atoms with Crippen LogP contribution in [-0.2, 0) is 10.0 Å². The van der Waals surface area contributed by atoms with Crippen LogP contribution in [0.15, 0.2) is 23.1 Å². The first-order valence-corrected chi connectivity index (χ1v) is 6.50. The third-order valence-corrected chi connectivity index (χ3v) is 3.83. The predicted molar refractivity (Wildman–Crippen MR) is 67.6 cm³/mol. The summed E-state index contributed by atoms with van der Waals surface area (Å²) in [6.07, 6.45) is 0. The Morgan fingerprint density at radius 3 is 2.42 bits per heavy atom. The molecule has 0 heterocycles. The van der Waals surface area contributed by atoms with Gasteiger partial charge >= 0.3 is 0 Å². The monoisotopic (exact) mass is 318 g/mol. The normalized spacial score (nSPS) is 12.1. The number of nitrogens with two attached hydrogens (primary N) is 1. The summed E-state index contributed by atoms with van der Waals surface area (Å²) in [6.45, 7) is -0.788. The number of halogens is 4. The molecule has 1 rings (SSSR count). The molecule has 0 aliphatic heterocycles. The van der Waals surface area contributed by atoms with Crippen LogP contribution in [0, 0.1) is 12.7 Å². The molecule has 110 valence electrons. The number of alkyl halides is 2. The van der Waals surface area contributed by atoms with Crippen molar-refractivity contribution in [3.8, 4) is 0 Å². The van der Waals surface area contributed by atoms with E-state index in [1.165, 1.54) is 19.1 Å². The average molecular weight is 319 g/mol. The molecule has 4 nitrogen and oxygen atoms in total. The highest BCUT2D eigenvalue weighted by Gasteiger charge is 2.30. The molecule has 0 amide bonds. The Morgan fingerprint density at radius 1 is 1.37 bits per heavy atom. The minimum absolute atomic E-state index is 0. The Morgan fingerprint density at radius 2 is 1.95 bits per heavy atom. The highest BCUT2D eigenvalue weighted by Crippen LogP contribution is 2.19. The number of benzene rings is 1. The minimum atomic E-state index is -4.33. The first kappa shape index (κ1) is 18.2. The van der Waals surface area contributed by atoms with Gasteiger partial charge in [-0.05, 0) is 18.6 Å². The van der Waals surface area contributed by atoms with Gasteiger partial charge in [0.25, 0.3) is 5.92 Å². The van der Waals surface area contributed by atoms with Crippen LogP contribution in [0.2, 0.25) is 0 Å². The zero-order valence-electron chi connectivity index (χ0n) is 9.99. The number of sulfonamides is 1. The summed E-state index contributed by atoms with van der Waals surface area (Å²) in [6, 6.07) is 3.65. The highest BCUT2D eigenvalue weighted by atomic mass is 35.5. The lowest BCUT2D eigenvalue weighted by Crippen LogP contribution is -2.41. The van der Waals surface area contributed by atoms with Crippen molar-refractivity contribution in [1.29, 1.82) is 0 Å². The molecule has 0 radical (unpaired) electrons. The van der Waals surface area contributed by atoms with Crippen LogP contribution in [-0.4, -0.2) is 27.4 Å². The van der Waals surface area contributed by atoms with Gasteiger partial charge in [-0.2, -0.15) is 0 Å². The van der Waals surface area contributed by atoms with Gasteiger partial charge in [0.1, 0.15) is 10.7 Å². The third-order valence-electron chi connectivity index (χ3n) is 2.25. The molecule has 0 atom stereocenters. The van der Waals surface area contributed by atoms with Crippen molar-refractivity contribution in [3.63, 3.8) is 0 Å². The number of hydrogen-bond acceptors (Lipinski definition) is 3. The van der Waals surface area contributed by atoms with E-state index in [4.69, 9.17) is 5.73 Å². The fourth-order valence-electron chi connectivity index (χ4n) is 1.30. The lowest BCUT2D eigenvalue weighted by Gasteiger charge is -2.15. The maximum absolute atomic E-state index is 13.4. The molecule has 0 saturated heterocycles.